The predicted octanol–water partition coefficient (Wildman–Crippen LogP) is 3.44. The quantitative estimate of drug-likeness (QED) is 0.858. The molecule has 2 aromatic carbocycles. The number of benzene rings is 2. The Morgan fingerprint density at radius 3 is 2.60 bits per heavy atom. The third-order valence-corrected chi connectivity index (χ3v) is 3.95. The Hall–Kier alpha value is -2.53. The molecule has 25 heavy (non-hydrogen) atoms. The molecule has 0 fully saturated rings. The Morgan fingerprint density at radius 2 is 1.96 bits per heavy atom. The molecule has 2 rings (SSSR count). The standard InChI is InChI=1S/C19H21ClN2O3/c1-13-7-8-18(25-3)17(11-13)22(14(2)23)10-9-21-19(24)15-5-4-6-16(20)12-15/h4-8,11-12H,9-10H2,1-3H3,(H,21,24). The number of halogens is 1. The molecule has 0 saturated heterocycles. The molecule has 0 spiro atoms. The summed E-state index contributed by atoms with van der Waals surface area (Å²) in [5, 5.41) is 3.30. The zero-order valence-corrected chi connectivity index (χ0v) is 15.3. The summed E-state index contributed by atoms with van der Waals surface area (Å²) < 4.78 is 5.35. The molecular formula is C19H21ClN2O3. The van der Waals surface area contributed by atoms with Crippen LogP contribution in [0.2, 0.25) is 5.02 Å². The molecule has 5 nitrogen and oxygen atoms in total. The van der Waals surface area contributed by atoms with E-state index in [0.29, 0.717) is 35.1 Å². The number of anilines is 1. The molecule has 132 valence electrons. The van der Waals surface area contributed by atoms with Gasteiger partial charge in [0.25, 0.3) is 5.91 Å². The Kier molecular flexibility index (Phi) is 6.42. The van der Waals surface area contributed by atoms with Gasteiger partial charge in [-0.2, -0.15) is 0 Å². The van der Waals surface area contributed by atoms with Crippen molar-refractivity contribution in [2.75, 3.05) is 25.1 Å². The summed E-state index contributed by atoms with van der Waals surface area (Å²) in [4.78, 5) is 25.8. The third kappa shape index (κ3) is 4.97. The summed E-state index contributed by atoms with van der Waals surface area (Å²) in [5.74, 6) is 0.255. The van der Waals surface area contributed by atoms with Gasteiger partial charge in [-0.3, -0.25) is 9.59 Å². The van der Waals surface area contributed by atoms with E-state index in [1.165, 1.54) is 6.92 Å². The minimum atomic E-state index is -0.234. The number of hydrogen-bond acceptors (Lipinski definition) is 3. The zero-order valence-electron chi connectivity index (χ0n) is 14.5. The molecule has 0 aromatic heterocycles. The Labute approximate surface area is 152 Å². The van der Waals surface area contributed by atoms with E-state index >= 15 is 0 Å². The van der Waals surface area contributed by atoms with Gasteiger partial charge in [-0.15, -0.1) is 0 Å². The molecular weight excluding hydrogens is 340 g/mol. The van der Waals surface area contributed by atoms with Gasteiger partial charge in [0.05, 0.1) is 12.8 Å². The highest BCUT2D eigenvalue weighted by Gasteiger charge is 2.16. The fourth-order valence-electron chi connectivity index (χ4n) is 2.47. The van der Waals surface area contributed by atoms with E-state index in [1.807, 2.05) is 25.1 Å². The number of methoxy groups -OCH3 is 1. The normalized spacial score (nSPS) is 10.2. The fourth-order valence-corrected chi connectivity index (χ4v) is 2.66. The van der Waals surface area contributed by atoms with Gasteiger partial charge >= 0.3 is 0 Å². The van der Waals surface area contributed by atoms with Crippen molar-refractivity contribution in [2.24, 2.45) is 0 Å². The van der Waals surface area contributed by atoms with Gasteiger partial charge in [0, 0.05) is 30.6 Å². The van der Waals surface area contributed by atoms with Crippen molar-refractivity contribution < 1.29 is 14.3 Å². The van der Waals surface area contributed by atoms with Crippen LogP contribution < -0.4 is 15.0 Å². The van der Waals surface area contributed by atoms with Crippen LogP contribution in [0.3, 0.4) is 0 Å². The first-order valence-electron chi connectivity index (χ1n) is 7.89. The highest BCUT2D eigenvalue weighted by molar-refractivity contribution is 6.30. The number of nitrogens with zero attached hydrogens (tertiary/aromatic N) is 1. The Bertz CT molecular complexity index is 777. The van der Waals surface area contributed by atoms with Gasteiger partial charge in [0.1, 0.15) is 5.75 Å². The van der Waals surface area contributed by atoms with Crippen LogP contribution in [0, 0.1) is 6.92 Å². The number of ether oxygens (including phenoxy) is 1. The summed E-state index contributed by atoms with van der Waals surface area (Å²) in [6.45, 7) is 4.08. The molecule has 1 N–H and O–H groups in total. The van der Waals surface area contributed by atoms with Gasteiger partial charge in [-0.05, 0) is 42.8 Å². The molecule has 0 saturated carbocycles. The van der Waals surface area contributed by atoms with E-state index in [1.54, 1.807) is 36.3 Å². The second-order valence-electron chi connectivity index (χ2n) is 5.61. The third-order valence-electron chi connectivity index (χ3n) is 3.71. The van der Waals surface area contributed by atoms with Crippen molar-refractivity contribution in [3.63, 3.8) is 0 Å². The van der Waals surface area contributed by atoms with E-state index in [2.05, 4.69) is 5.32 Å². The van der Waals surface area contributed by atoms with Crippen molar-refractivity contribution in [1.82, 2.24) is 5.32 Å². The molecule has 2 amide bonds. The van der Waals surface area contributed by atoms with E-state index in [4.69, 9.17) is 16.3 Å². The number of amides is 2. The fraction of sp³-hybridized carbons (Fsp3) is 0.263. The molecule has 0 atom stereocenters. The number of carbonyl (C=O) groups excluding carboxylic acids is 2. The first-order chi connectivity index (χ1) is 11.9. The maximum absolute atomic E-state index is 12.2. The zero-order chi connectivity index (χ0) is 18.4. The van der Waals surface area contributed by atoms with Gasteiger partial charge < -0.3 is 15.0 Å². The number of carbonyl (C=O) groups is 2. The number of hydrogen-bond donors (Lipinski definition) is 1. The number of aryl methyl sites for hydroxylation is 1. The van der Waals surface area contributed by atoms with Crippen LogP contribution in [-0.4, -0.2) is 32.0 Å². The van der Waals surface area contributed by atoms with Gasteiger partial charge in [0.15, 0.2) is 0 Å². The van der Waals surface area contributed by atoms with Crippen LogP contribution in [0.5, 0.6) is 5.75 Å². The number of rotatable bonds is 6. The second kappa shape index (κ2) is 8.53. The molecule has 2 aromatic rings. The SMILES string of the molecule is COc1ccc(C)cc1N(CCNC(=O)c1cccc(Cl)c1)C(C)=O. The van der Waals surface area contributed by atoms with Crippen LogP contribution in [0.25, 0.3) is 0 Å². The lowest BCUT2D eigenvalue weighted by Gasteiger charge is -2.24. The molecule has 0 heterocycles. The topological polar surface area (TPSA) is 58.6 Å². The van der Waals surface area contributed by atoms with Crippen LogP contribution in [0.1, 0.15) is 22.8 Å². The molecule has 0 aliphatic heterocycles. The lowest BCUT2D eigenvalue weighted by molar-refractivity contribution is -0.116. The largest absolute Gasteiger partial charge is 0.495 e. The Morgan fingerprint density at radius 1 is 1.20 bits per heavy atom. The van der Waals surface area contributed by atoms with Crippen LogP contribution in [-0.2, 0) is 4.79 Å². The molecule has 6 heteroatoms. The van der Waals surface area contributed by atoms with Crippen LogP contribution in [0.15, 0.2) is 42.5 Å². The first-order valence-corrected chi connectivity index (χ1v) is 8.26. The van der Waals surface area contributed by atoms with Gasteiger partial charge in [-0.25, -0.2) is 0 Å². The minimum Gasteiger partial charge on any atom is -0.495 e. The maximum Gasteiger partial charge on any atom is 0.251 e. The van der Waals surface area contributed by atoms with Crippen molar-refractivity contribution in [3.8, 4) is 5.75 Å². The predicted molar refractivity (Wildman–Crippen MR) is 99.5 cm³/mol. The summed E-state index contributed by atoms with van der Waals surface area (Å²) in [5.41, 5.74) is 2.19. The molecule has 0 aliphatic carbocycles. The Balaban J connectivity index is 2.07. The van der Waals surface area contributed by atoms with E-state index in [0.717, 1.165) is 5.56 Å². The minimum absolute atomic E-state index is 0.124. The van der Waals surface area contributed by atoms with E-state index < -0.39 is 0 Å². The van der Waals surface area contributed by atoms with Crippen molar-refractivity contribution in [1.29, 1.82) is 0 Å². The lowest BCUT2D eigenvalue weighted by atomic mass is 10.2. The van der Waals surface area contributed by atoms with Crippen LogP contribution >= 0.6 is 11.6 Å². The summed E-state index contributed by atoms with van der Waals surface area (Å²) in [7, 11) is 1.56. The van der Waals surface area contributed by atoms with Crippen molar-refractivity contribution in [3.05, 3.63) is 58.6 Å². The maximum atomic E-state index is 12.2. The van der Waals surface area contributed by atoms with Gasteiger partial charge in [-0.1, -0.05) is 23.7 Å². The highest BCUT2D eigenvalue weighted by atomic mass is 35.5. The lowest BCUT2D eigenvalue weighted by Crippen LogP contribution is -2.37. The molecule has 0 bridgehead atoms. The first kappa shape index (κ1) is 18.8. The average Bonchev–Trinajstić information content (AvgIpc) is 2.58. The number of nitrogens with one attached hydrogen (secondary N) is 1. The smallest absolute Gasteiger partial charge is 0.251 e. The highest BCUT2D eigenvalue weighted by Crippen LogP contribution is 2.29. The second-order valence-corrected chi connectivity index (χ2v) is 6.05. The molecule has 0 aliphatic rings. The van der Waals surface area contributed by atoms with Crippen molar-refractivity contribution >= 4 is 29.1 Å². The summed E-state index contributed by atoms with van der Waals surface area (Å²) >= 11 is 5.90. The summed E-state index contributed by atoms with van der Waals surface area (Å²) in [6.07, 6.45) is 0. The van der Waals surface area contributed by atoms with E-state index in [-0.39, 0.29) is 11.8 Å². The van der Waals surface area contributed by atoms with E-state index in [9.17, 15) is 9.59 Å². The van der Waals surface area contributed by atoms with Crippen molar-refractivity contribution in [2.45, 2.75) is 13.8 Å². The average molecular weight is 361 g/mol. The molecule has 0 unspecified atom stereocenters. The van der Waals surface area contributed by atoms with Gasteiger partial charge in [0.2, 0.25) is 5.91 Å². The molecule has 0 radical (unpaired) electrons. The van der Waals surface area contributed by atoms with Crippen LogP contribution in [0.4, 0.5) is 5.69 Å². The summed E-state index contributed by atoms with van der Waals surface area (Å²) in [6, 6.07) is 12.3. The monoisotopic (exact) mass is 360 g/mol.